The van der Waals surface area contributed by atoms with Crippen molar-refractivity contribution in [1.29, 1.82) is 0 Å². The molecule has 0 spiro atoms. The zero-order chi connectivity index (χ0) is 19.8. The van der Waals surface area contributed by atoms with Crippen molar-refractivity contribution in [3.63, 3.8) is 0 Å². The summed E-state index contributed by atoms with van der Waals surface area (Å²) in [5.74, 6) is 1.72. The molecule has 0 aliphatic carbocycles. The number of aromatic nitrogens is 4. The molecule has 9 heteroatoms. The van der Waals surface area contributed by atoms with Crippen LogP contribution in [0.25, 0.3) is 11.4 Å². The van der Waals surface area contributed by atoms with Crippen molar-refractivity contribution in [2.45, 2.75) is 24.7 Å². The smallest absolute Gasteiger partial charge is 0.386 e. The molecule has 1 aliphatic heterocycles. The molecule has 0 amide bonds. The Labute approximate surface area is 163 Å². The third-order valence-electron chi connectivity index (χ3n) is 4.56. The van der Waals surface area contributed by atoms with Crippen molar-refractivity contribution in [2.24, 2.45) is 0 Å². The molecule has 0 unspecified atom stereocenters. The van der Waals surface area contributed by atoms with E-state index in [0.29, 0.717) is 23.8 Å². The number of alkyl halides is 3. The molecule has 0 atom stereocenters. The van der Waals surface area contributed by atoms with E-state index in [1.54, 1.807) is 11.8 Å². The number of benzene rings is 2. The molecule has 5 nitrogen and oxygen atoms in total. The molecule has 3 aromatic rings. The van der Waals surface area contributed by atoms with Crippen LogP contribution in [-0.4, -0.2) is 42.4 Å². The van der Waals surface area contributed by atoms with Gasteiger partial charge in [0.2, 0.25) is 5.82 Å². The number of aliphatic hydroxyl groups is 1. The highest BCUT2D eigenvalue weighted by molar-refractivity contribution is 8.00. The minimum absolute atomic E-state index is 0.286. The summed E-state index contributed by atoms with van der Waals surface area (Å²) in [7, 11) is 0. The van der Waals surface area contributed by atoms with E-state index in [0.717, 1.165) is 28.8 Å². The second kappa shape index (κ2) is 7.21. The zero-order valence-electron chi connectivity index (χ0n) is 14.7. The monoisotopic (exact) mass is 406 g/mol. The normalized spacial score (nSPS) is 16.0. The Bertz CT molecular complexity index is 968. The summed E-state index contributed by atoms with van der Waals surface area (Å²) < 4.78 is 38.2. The zero-order valence-corrected chi connectivity index (χ0v) is 15.5. The molecular weight excluding hydrogens is 389 g/mol. The van der Waals surface area contributed by atoms with Gasteiger partial charge in [-0.05, 0) is 34.9 Å². The lowest BCUT2D eigenvalue weighted by atomic mass is 9.98. The van der Waals surface area contributed by atoms with E-state index in [1.165, 1.54) is 16.9 Å². The van der Waals surface area contributed by atoms with Gasteiger partial charge < -0.3 is 5.11 Å². The molecule has 0 radical (unpaired) electrons. The van der Waals surface area contributed by atoms with E-state index in [1.807, 2.05) is 24.3 Å². The topological polar surface area (TPSA) is 63.8 Å². The molecule has 1 aromatic heterocycles. The van der Waals surface area contributed by atoms with Crippen LogP contribution in [-0.2, 0) is 19.1 Å². The molecule has 1 N–H and O–H groups in total. The van der Waals surface area contributed by atoms with Crippen LogP contribution in [0.5, 0.6) is 0 Å². The number of nitrogens with zero attached hydrogens (tertiary/aromatic N) is 4. The second-order valence-corrected chi connectivity index (χ2v) is 7.87. The van der Waals surface area contributed by atoms with Crippen molar-refractivity contribution in [1.82, 2.24) is 20.2 Å². The molecule has 1 fully saturated rings. The summed E-state index contributed by atoms with van der Waals surface area (Å²) in [5.41, 5.74) is 0.959. The molecule has 2 heterocycles. The number of thioether (sulfide) groups is 1. The van der Waals surface area contributed by atoms with Crippen molar-refractivity contribution in [3.05, 3.63) is 65.2 Å². The van der Waals surface area contributed by atoms with Gasteiger partial charge in [0.05, 0.1) is 12.1 Å². The molecule has 0 saturated carbocycles. The molecular formula is C19H17F3N4OS. The van der Waals surface area contributed by atoms with Crippen LogP contribution >= 0.6 is 11.8 Å². The van der Waals surface area contributed by atoms with Gasteiger partial charge >= 0.3 is 6.18 Å². The minimum atomic E-state index is -4.35. The first-order valence-corrected chi connectivity index (χ1v) is 9.80. The van der Waals surface area contributed by atoms with Gasteiger partial charge in [-0.2, -0.15) is 29.7 Å². The van der Waals surface area contributed by atoms with E-state index in [2.05, 4.69) is 15.4 Å². The molecule has 0 bridgehead atoms. The van der Waals surface area contributed by atoms with Crippen molar-refractivity contribution < 1.29 is 18.3 Å². The Kier molecular flexibility index (Phi) is 4.88. The molecule has 2 aromatic carbocycles. The fourth-order valence-electron chi connectivity index (χ4n) is 3.03. The third kappa shape index (κ3) is 4.05. The van der Waals surface area contributed by atoms with E-state index >= 15 is 0 Å². The van der Waals surface area contributed by atoms with Crippen LogP contribution in [0.4, 0.5) is 13.2 Å². The lowest BCUT2D eigenvalue weighted by Crippen LogP contribution is -2.47. The van der Waals surface area contributed by atoms with Gasteiger partial charge in [-0.3, -0.25) is 0 Å². The summed E-state index contributed by atoms with van der Waals surface area (Å²) in [6, 6.07) is 12.6. The summed E-state index contributed by atoms with van der Waals surface area (Å²) in [5, 5.41) is 22.7. The maximum atomic E-state index is 12.7. The first-order chi connectivity index (χ1) is 13.3. The van der Waals surface area contributed by atoms with Gasteiger partial charge in [0, 0.05) is 17.1 Å². The van der Waals surface area contributed by atoms with Crippen LogP contribution in [0.1, 0.15) is 16.7 Å². The first kappa shape index (κ1) is 18.9. The van der Waals surface area contributed by atoms with Gasteiger partial charge in [-0.15, -0.1) is 10.2 Å². The van der Waals surface area contributed by atoms with Crippen molar-refractivity contribution in [3.8, 4) is 11.4 Å². The summed E-state index contributed by atoms with van der Waals surface area (Å²) in [6.45, 7) is 0.286. The summed E-state index contributed by atoms with van der Waals surface area (Å²) in [6.07, 6.45) is -3.90. The fraction of sp³-hybridized carbons (Fsp3) is 0.316. The number of tetrazole rings is 1. The highest BCUT2D eigenvalue weighted by Gasteiger charge is 2.36. The Morgan fingerprint density at radius 3 is 2.43 bits per heavy atom. The SMILES string of the molecule is OC1(Cn2nnc(-c3ccccc3Cc3ccc(C(F)(F)F)cc3)n2)CSC1. The maximum absolute atomic E-state index is 12.7. The lowest BCUT2D eigenvalue weighted by molar-refractivity contribution is -0.137. The quantitative estimate of drug-likeness (QED) is 0.703. The summed E-state index contributed by atoms with van der Waals surface area (Å²) in [4.78, 5) is 1.39. The highest BCUT2D eigenvalue weighted by Crippen LogP contribution is 2.31. The third-order valence-corrected chi connectivity index (χ3v) is 6.05. The number of hydrogen-bond acceptors (Lipinski definition) is 5. The molecule has 4 rings (SSSR count). The molecule has 1 aliphatic rings. The van der Waals surface area contributed by atoms with Gasteiger partial charge in [0.15, 0.2) is 0 Å². The van der Waals surface area contributed by atoms with Crippen LogP contribution in [0.3, 0.4) is 0 Å². The van der Waals surface area contributed by atoms with E-state index in [4.69, 9.17) is 0 Å². The Hall–Kier alpha value is -2.39. The van der Waals surface area contributed by atoms with E-state index < -0.39 is 17.3 Å². The largest absolute Gasteiger partial charge is 0.416 e. The lowest BCUT2D eigenvalue weighted by Gasteiger charge is -2.34. The Morgan fingerprint density at radius 1 is 1.07 bits per heavy atom. The van der Waals surface area contributed by atoms with Crippen LogP contribution < -0.4 is 0 Å². The van der Waals surface area contributed by atoms with E-state index in [9.17, 15) is 18.3 Å². The van der Waals surface area contributed by atoms with Crippen molar-refractivity contribution >= 4 is 11.8 Å². The van der Waals surface area contributed by atoms with Crippen molar-refractivity contribution in [2.75, 3.05) is 11.5 Å². The number of halogens is 3. The highest BCUT2D eigenvalue weighted by atomic mass is 32.2. The fourth-order valence-corrected chi connectivity index (χ4v) is 3.89. The van der Waals surface area contributed by atoms with Gasteiger partial charge in [0.1, 0.15) is 5.60 Å². The Morgan fingerprint density at radius 2 is 1.79 bits per heavy atom. The molecule has 1 saturated heterocycles. The van der Waals surface area contributed by atoms with Gasteiger partial charge in [-0.1, -0.05) is 36.4 Å². The van der Waals surface area contributed by atoms with E-state index in [-0.39, 0.29) is 6.54 Å². The number of hydrogen-bond donors (Lipinski definition) is 1. The first-order valence-electron chi connectivity index (χ1n) is 8.65. The van der Waals surface area contributed by atoms with Gasteiger partial charge in [0.25, 0.3) is 0 Å². The average Bonchev–Trinajstić information content (AvgIpc) is 3.09. The Balaban J connectivity index is 1.55. The average molecular weight is 406 g/mol. The van der Waals surface area contributed by atoms with Crippen LogP contribution in [0.2, 0.25) is 0 Å². The van der Waals surface area contributed by atoms with Crippen LogP contribution in [0.15, 0.2) is 48.5 Å². The molecule has 146 valence electrons. The minimum Gasteiger partial charge on any atom is -0.386 e. The predicted molar refractivity (Wildman–Crippen MR) is 99.8 cm³/mol. The predicted octanol–water partition coefficient (Wildman–Crippen LogP) is 3.43. The molecule has 28 heavy (non-hydrogen) atoms. The second-order valence-electron chi connectivity index (χ2n) is 6.89. The summed E-state index contributed by atoms with van der Waals surface area (Å²) >= 11 is 1.66. The number of rotatable bonds is 5. The standard InChI is InChI=1S/C19H17F3N4OS/c20-19(21,22)15-7-5-13(6-8-15)9-14-3-1-2-4-16(14)17-23-25-26(24-17)10-18(27)11-28-12-18/h1-8,27H,9-12H2. The van der Waals surface area contributed by atoms with Gasteiger partial charge in [-0.25, -0.2) is 0 Å². The van der Waals surface area contributed by atoms with Crippen LogP contribution in [0, 0.1) is 0 Å². The maximum Gasteiger partial charge on any atom is 0.416 e.